The Morgan fingerprint density at radius 1 is 0.926 bits per heavy atom. The van der Waals surface area contributed by atoms with Crippen LogP contribution < -0.4 is 0 Å². The topological polar surface area (TPSA) is 63.6 Å². The predicted molar refractivity (Wildman–Crippen MR) is 73.8 cm³/mol. The fourth-order valence-electron chi connectivity index (χ4n) is 2.97. The Morgan fingerprint density at radius 3 is 1.89 bits per heavy atom. The molecule has 0 radical (unpaired) electrons. The minimum atomic E-state index is -6.01. The first-order valence-electron chi connectivity index (χ1n) is 7.77. The summed E-state index contributed by atoms with van der Waals surface area (Å²) in [6.45, 7) is 0. The third-order valence-corrected chi connectivity index (χ3v) is 4.19. The fraction of sp³-hybridized carbons (Fsp3) is 0.733. The number of carboxylic acids is 1. The van der Waals surface area contributed by atoms with Gasteiger partial charge in [0.25, 0.3) is 0 Å². The van der Waals surface area contributed by atoms with Crippen molar-refractivity contribution in [2.75, 3.05) is 0 Å². The van der Waals surface area contributed by atoms with Crippen LogP contribution in [0.1, 0.15) is 38.5 Å². The Kier molecular flexibility index (Phi) is 6.87. The molecular formula is C15H16F8O4. The lowest BCUT2D eigenvalue weighted by atomic mass is 9.72. The molecule has 1 aliphatic rings. The minimum Gasteiger partial charge on any atom is -0.478 e. The summed E-state index contributed by atoms with van der Waals surface area (Å²) >= 11 is 0. The molecule has 1 rings (SSSR count). The molecule has 12 heteroatoms. The van der Waals surface area contributed by atoms with Gasteiger partial charge in [-0.05, 0) is 18.8 Å². The summed E-state index contributed by atoms with van der Waals surface area (Å²) in [6.07, 6.45) is -14.8. The van der Waals surface area contributed by atoms with Crippen LogP contribution in [0.4, 0.5) is 35.1 Å². The number of carbonyl (C=O) groups excluding carboxylic acids is 1. The Hall–Kier alpha value is -1.88. The molecule has 0 aromatic heterocycles. The van der Waals surface area contributed by atoms with Gasteiger partial charge in [-0.3, -0.25) is 0 Å². The molecule has 1 N–H and O–H groups in total. The molecule has 156 valence electrons. The Balaban J connectivity index is 3.23. The fourth-order valence-corrected chi connectivity index (χ4v) is 2.97. The number of carboxylic acid groups (broad SMARTS) is 1. The third-order valence-electron chi connectivity index (χ3n) is 4.19. The minimum absolute atomic E-state index is 0.0178. The van der Waals surface area contributed by atoms with E-state index in [-0.39, 0.29) is 25.0 Å². The van der Waals surface area contributed by atoms with E-state index in [1.54, 1.807) is 0 Å². The highest BCUT2D eigenvalue weighted by atomic mass is 19.4. The summed E-state index contributed by atoms with van der Waals surface area (Å²) in [5.74, 6) is -12.1. The normalized spacial score (nSPS) is 19.7. The molecule has 27 heavy (non-hydrogen) atoms. The van der Waals surface area contributed by atoms with Crippen molar-refractivity contribution in [3.63, 3.8) is 0 Å². The maximum absolute atomic E-state index is 15.0. The van der Waals surface area contributed by atoms with Crippen molar-refractivity contribution in [2.24, 2.45) is 5.92 Å². The van der Waals surface area contributed by atoms with Gasteiger partial charge in [0.1, 0.15) is 0 Å². The number of hydrogen-bond donors (Lipinski definition) is 1. The van der Waals surface area contributed by atoms with E-state index in [0.717, 1.165) is 0 Å². The largest absolute Gasteiger partial charge is 0.478 e. The van der Waals surface area contributed by atoms with Crippen LogP contribution in [0.25, 0.3) is 0 Å². The Morgan fingerprint density at radius 2 is 1.44 bits per heavy atom. The maximum Gasteiger partial charge on any atom is 0.470 e. The average Bonchev–Trinajstić information content (AvgIpc) is 2.51. The van der Waals surface area contributed by atoms with Crippen molar-refractivity contribution in [3.8, 4) is 0 Å². The zero-order valence-electron chi connectivity index (χ0n) is 13.7. The molecule has 0 spiro atoms. The van der Waals surface area contributed by atoms with Gasteiger partial charge in [0.2, 0.25) is 0 Å². The highest BCUT2D eigenvalue weighted by Gasteiger charge is 2.76. The van der Waals surface area contributed by atoms with Crippen LogP contribution in [0.2, 0.25) is 0 Å². The standard InChI is InChI=1S/C15H16F8O4/c16-12(8-13(17,18)19,9-4-2-1-3-5-9)14(20,21)15(22,23)27-11(26)7-6-10(24)25/h6-7,9H,1-5,8H2,(H,24,25). The van der Waals surface area contributed by atoms with Gasteiger partial charge >= 0.3 is 30.1 Å². The van der Waals surface area contributed by atoms with Crippen LogP contribution in [0.5, 0.6) is 0 Å². The summed E-state index contributed by atoms with van der Waals surface area (Å²) in [4.78, 5) is 21.2. The number of alkyl halides is 8. The molecule has 0 heterocycles. The highest BCUT2D eigenvalue weighted by molar-refractivity contribution is 5.90. The van der Waals surface area contributed by atoms with Crippen molar-refractivity contribution in [1.82, 2.24) is 0 Å². The van der Waals surface area contributed by atoms with E-state index in [4.69, 9.17) is 5.11 Å². The van der Waals surface area contributed by atoms with Crippen LogP contribution in [-0.4, -0.2) is 40.9 Å². The van der Waals surface area contributed by atoms with Crippen LogP contribution >= 0.6 is 0 Å². The maximum atomic E-state index is 15.0. The molecule has 0 aromatic rings. The average molecular weight is 412 g/mol. The van der Waals surface area contributed by atoms with E-state index in [1.807, 2.05) is 0 Å². The molecule has 0 aliphatic heterocycles. The molecule has 1 aliphatic carbocycles. The van der Waals surface area contributed by atoms with Crippen molar-refractivity contribution < 1.29 is 54.6 Å². The van der Waals surface area contributed by atoms with Gasteiger partial charge < -0.3 is 9.84 Å². The molecule has 1 unspecified atom stereocenters. The smallest absolute Gasteiger partial charge is 0.470 e. The number of rotatable bonds is 7. The Bertz CT molecular complexity index is 581. The molecular weight excluding hydrogens is 396 g/mol. The zero-order chi connectivity index (χ0) is 21.1. The van der Waals surface area contributed by atoms with E-state index in [1.165, 1.54) is 0 Å². The lowest BCUT2D eigenvalue weighted by Crippen LogP contribution is -2.62. The number of carbonyl (C=O) groups is 2. The van der Waals surface area contributed by atoms with Crippen LogP contribution in [0, 0.1) is 5.92 Å². The summed E-state index contributed by atoms with van der Waals surface area (Å²) in [5.41, 5.74) is -4.72. The Labute approximate surface area is 148 Å². The van der Waals surface area contributed by atoms with Crippen LogP contribution in [0.3, 0.4) is 0 Å². The summed E-state index contributed by atoms with van der Waals surface area (Å²) in [7, 11) is 0. The van der Waals surface area contributed by atoms with E-state index >= 15 is 0 Å². The van der Waals surface area contributed by atoms with Gasteiger partial charge in [0, 0.05) is 12.2 Å². The van der Waals surface area contributed by atoms with Gasteiger partial charge in [-0.25, -0.2) is 14.0 Å². The number of aliphatic carboxylic acids is 1. The monoisotopic (exact) mass is 412 g/mol. The van der Waals surface area contributed by atoms with E-state index < -0.39 is 61.0 Å². The van der Waals surface area contributed by atoms with Gasteiger partial charge in [-0.15, -0.1) is 0 Å². The first-order valence-corrected chi connectivity index (χ1v) is 7.77. The SMILES string of the molecule is O=C(O)C=CC(=O)OC(F)(F)C(F)(F)C(F)(CC(F)(F)F)C1CCCCC1. The molecule has 1 saturated carbocycles. The molecule has 0 saturated heterocycles. The number of esters is 1. The van der Waals surface area contributed by atoms with E-state index in [0.29, 0.717) is 6.42 Å². The molecule has 1 fully saturated rings. The van der Waals surface area contributed by atoms with E-state index in [9.17, 15) is 44.7 Å². The molecule has 4 nitrogen and oxygen atoms in total. The van der Waals surface area contributed by atoms with Gasteiger partial charge in [0.05, 0.1) is 6.42 Å². The zero-order valence-corrected chi connectivity index (χ0v) is 13.7. The van der Waals surface area contributed by atoms with Crippen LogP contribution in [-0.2, 0) is 14.3 Å². The van der Waals surface area contributed by atoms with Crippen molar-refractivity contribution in [1.29, 1.82) is 0 Å². The lowest BCUT2D eigenvalue weighted by Gasteiger charge is -2.43. The second-order valence-electron chi connectivity index (χ2n) is 6.17. The first kappa shape index (κ1) is 23.2. The number of ether oxygens (including phenoxy) is 1. The summed E-state index contributed by atoms with van der Waals surface area (Å²) in [6, 6.07) is 0. The van der Waals surface area contributed by atoms with Gasteiger partial charge in [-0.2, -0.15) is 30.7 Å². The van der Waals surface area contributed by atoms with Crippen LogP contribution in [0.15, 0.2) is 12.2 Å². The summed E-state index contributed by atoms with van der Waals surface area (Å²) < 4.78 is 112. The second-order valence-corrected chi connectivity index (χ2v) is 6.17. The van der Waals surface area contributed by atoms with Gasteiger partial charge in [0.15, 0.2) is 5.67 Å². The van der Waals surface area contributed by atoms with E-state index in [2.05, 4.69) is 4.74 Å². The number of halogens is 8. The van der Waals surface area contributed by atoms with Crippen molar-refractivity contribution in [3.05, 3.63) is 12.2 Å². The highest BCUT2D eigenvalue weighted by Crippen LogP contribution is 2.55. The quantitative estimate of drug-likeness (QED) is 0.376. The molecule has 0 aromatic carbocycles. The molecule has 0 amide bonds. The first-order chi connectivity index (χ1) is 12.1. The second kappa shape index (κ2) is 8.01. The third kappa shape index (κ3) is 5.55. The number of hydrogen-bond acceptors (Lipinski definition) is 3. The van der Waals surface area contributed by atoms with Crippen molar-refractivity contribution in [2.45, 2.75) is 62.4 Å². The summed E-state index contributed by atoms with van der Waals surface area (Å²) in [5, 5.41) is 8.23. The van der Waals surface area contributed by atoms with Gasteiger partial charge in [-0.1, -0.05) is 19.3 Å². The lowest BCUT2D eigenvalue weighted by molar-refractivity contribution is -0.379. The van der Waals surface area contributed by atoms with Crippen molar-refractivity contribution >= 4 is 11.9 Å². The molecule has 1 atom stereocenters. The predicted octanol–water partition coefficient (Wildman–Crippen LogP) is 4.64. The molecule has 0 bridgehead atoms.